The summed E-state index contributed by atoms with van der Waals surface area (Å²) in [5.41, 5.74) is 0.964. The third kappa shape index (κ3) is 8.00. The van der Waals surface area contributed by atoms with E-state index in [9.17, 15) is 18.0 Å². The molecule has 0 aliphatic heterocycles. The van der Waals surface area contributed by atoms with Gasteiger partial charge in [0.05, 0.1) is 29.6 Å². The predicted octanol–water partition coefficient (Wildman–Crippen LogP) is 3.32. The van der Waals surface area contributed by atoms with E-state index in [1.54, 1.807) is 31.4 Å². The molecule has 0 radical (unpaired) electrons. The molecule has 2 amide bonds. The van der Waals surface area contributed by atoms with E-state index in [2.05, 4.69) is 10.6 Å². The van der Waals surface area contributed by atoms with Crippen molar-refractivity contribution in [3.05, 3.63) is 54.1 Å². The molecule has 1 aliphatic carbocycles. The van der Waals surface area contributed by atoms with Gasteiger partial charge >= 0.3 is 0 Å². The van der Waals surface area contributed by atoms with E-state index in [1.165, 1.54) is 11.8 Å². The van der Waals surface area contributed by atoms with Gasteiger partial charge in [-0.05, 0) is 60.7 Å². The highest BCUT2D eigenvalue weighted by Crippen LogP contribution is 2.33. The fourth-order valence-electron chi connectivity index (χ4n) is 4.28. The van der Waals surface area contributed by atoms with Crippen molar-refractivity contribution in [2.24, 2.45) is 11.8 Å². The summed E-state index contributed by atoms with van der Waals surface area (Å²) in [4.78, 5) is 25.6. The van der Waals surface area contributed by atoms with Gasteiger partial charge in [0, 0.05) is 17.4 Å². The first-order valence-electron chi connectivity index (χ1n) is 11.8. The van der Waals surface area contributed by atoms with Gasteiger partial charge in [0.1, 0.15) is 12.3 Å². The Morgan fingerprint density at radius 3 is 2.42 bits per heavy atom. The lowest BCUT2D eigenvalue weighted by Gasteiger charge is -2.30. The lowest BCUT2D eigenvalue weighted by atomic mass is 9.80. The van der Waals surface area contributed by atoms with Crippen LogP contribution in [0.15, 0.2) is 58.3 Å². The van der Waals surface area contributed by atoms with Crippen molar-refractivity contribution in [1.29, 1.82) is 5.26 Å². The molecule has 0 bridgehead atoms. The summed E-state index contributed by atoms with van der Waals surface area (Å²) in [6.07, 6.45) is 3.07. The number of sulfone groups is 1. The number of benzene rings is 2. The minimum Gasteiger partial charge on any atom is -0.497 e. The van der Waals surface area contributed by atoms with E-state index < -0.39 is 15.8 Å². The number of amides is 2. The number of rotatable bonds is 11. The maximum Gasteiger partial charge on any atom is 0.230 e. The molecule has 2 aromatic rings. The number of thioether (sulfide) groups is 1. The van der Waals surface area contributed by atoms with Crippen LogP contribution in [0.3, 0.4) is 0 Å². The van der Waals surface area contributed by atoms with E-state index in [1.807, 2.05) is 30.3 Å². The van der Waals surface area contributed by atoms with Gasteiger partial charge in [-0.3, -0.25) is 9.59 Å². The molecule has 2 N–H and O–H groups in total. The highest BCUT2D eigenvalue weighted by atomic mass is 32.2. The molecular formula is C26H31N3O5S2. The number of ether oxygens (including phenoxy) is 1. The summed E-state index contributed by atoms with van der Waals surface area (Å²) >= 11 is 1.33. The number of nitriles is 1. The molecular weight excluding hydrogens is 498 g/mol. The molecule has 0 spiro atoms. The molecule has 1 fully saturated rings. The highest BCUT2D eigenvalue weighted by molar-refractivity contribution is 8.00. The average Bonchev–Trinajstić information content (AvgIpc) is 2.90. The molecule has 2 aromatic carbocycles. The molecule has 0 heterocycles. The third-order valence-electron chi connectivity index (χ3n) is 6.22. The second kappa shape index (κ2) is 13.3. The van der Waals surface area contributed by atoms with E-state index in [-0.39, 0.29) is 40.7 Å². The molecule has 2 atom stereocenters. The van der Waals surface area contributed by atoms with E-state index in [0.717, 1.165) is 29.1 Å². The summed E-state index contributed by atoms with van der Waals surface area (Å²) in [5, 5.41) is 14.1. The first-order chi connectivity index (χ1) is 17.3. The molecule has 1 saturated carbocycles. The van der Waals surface area contributed by atoms with Gasteiger partial charge in [-0.15, -0.1) is 11.8 Å². The van der Waals surface area contributed by atoms with Crippen molar-refractivity contribution in [2.75, 3.05) is 25.2 Å². The van der Waals surface area contributed by atoms with Gasteiger partial charge < -0.3 is 15.4 Å². The molecule has 2 unspecified atom stereocenters. The zero-order chi connectivity index (χ0) is 26.0. The lowest BCUT2D eigenvalue weighted by Crippen LogP contribution is -2.39. The Bertz CT molecular complexity index is 1180. The number of nitrogens with zero attached hydrogens (tertiary/aromatic N) is 1. The number of carbonyl (C=O) groups is 2. The minimum atomic E-state index is -3.58. The van der Waals surface area contributed by atoms with Crippen LogP contribution >= 0.6 is 11.8 Å². The molecule has 0 aromatic heterocycles. The number of nitrogens with one attached hydrogen (secondary N) is 2. The molecule has 0 saturated heterocycles. The van der Waals surface area contributed by atoms with Crippen molar-refractivity contribution in [3.63, 3.8) is 0 Å². The van der Waals surface area contributed by atoms with Gasteiger partial charge in [0.2, 0.25) is 11.8 Å². The predicted molar refractivity (Wildman–Crippen MR) is 138 cm³/mol. The Kier molecular flexibility index (Phi) is 10.2. The fourth-order valence-corrected chi connectivity index (χ4v) is 6.71. The van der Waals surface area contributed by atoms with Crippen LogP contribution in [-0.4, -0.2) is 45.4 Å². The van der Waals surface area contributed by atoms with Crippen LogP contribution in [0, 0.1) is 23.2 Å². The standard InChI is InChI=1S/C26H31N3O5S2/c1-34-21-8-6-19(7-9-21)16-29-25(30)17-35-22-10-12-23(13-11-22)36(32,33)18-20-4-2-3-5-24(20)26(31)28-15-14-27/h6-13,20,24H,2-5,15-18H2,1H3,(H,28,31)(H,29,30). The van der Waals surface area contributed by atoms with Crippen LogP contribution in [0.5, 0.6) is 5.75 Å². The smallest absolute Gasteiger partial charge is 0.230 e. The monoisotopic (exact) mass is 529 g/mol. The summed E-state index contributed by atoms with van der Waals surface area (Å²) in [5.74, 6) is -0.161. The van der Waals surface area contributed by atoms with Crippen molar-refractivity contribution in [2.45, 2.75) is 42.0 Å². The summed E-state index contributed by atoms with van der Waals surface area (Å²) in [7, 11) is -1.98. The van der Waals surface area contributed by atoms with E-state index in [0.29, 0.717) is 19.4 Å². The minimum absolute atomic E-state index is 0.0760. The maximum absolute atomic E-state index is 13.1. The normalized spacial score (nSPS) is 17.6. The fraction of sp³-hybridized carbons (Fsp3) is 0.423. The largest absolute Gasteiger partial charge is 0.497 e. The zero-order valence-corrected chi connectivity index (χ0v) is 21.9. The number of hydrogen-bond donors (Lipinski definition) is 2. The van der Waals surface area contributed by atoms with Crippen molar-refractivity contribution < 1.29 is 22.7 Å². The molecule has 10 heteroatoms. The molecule has 1 aliphatic rings. The lowest BCUT2D eigenvalue weighted by molar-refractivity contribution is -0.127. The highest BCUT2D eigenvalue weighted by Gasteiger charge is 2.34. The Labute approximate surface area is 216 Å². The molecule has 3 rings (SSSR count). The SMILES string of the molecule is COc1ccc(CNC(=O)CSc2ccc(S(=O)(=O)CC3CCCCC3C(=O)NCC#N)cc2)cc1. The molecule has 36 heavy (non-hydrogen) atoms. The van der Waals surface area contributed by atoms with Crippen molar-refractivity contribution in [1.82, 2.24) is 10.6 Å². The third-order valence-corrected chi connectivity index (χ3v) is 9.09. The van der Waals surface area contributed by atoms with Crippen molar-refractivity contribution in [3.8, 4) is 11.8 Å². The molecule has 192 valence electrons. The van der Waals surface area contributed by atoms with Gasteiger partial charge in [0.25, 0.3) is 0 Å². The van der Waals surface area contributed by atoms with Crippen LogP contribution in [-0.2, 0) is 26.0 Å². The van der Waals surface area contributed by atoms with Gasteiger partial charge in [0.15, 0.2) is 9.84 Å². The Balaban J connectivity index is 1.51. The maximum atomic E-state index is 13.1. The van der Waals surface area contributed by atoms with Crippen LogP contribution < -0.4 is 15.4 Å². The Morgan fingerprint density at radius 1 is 1.06 bits per heavy atom. The Hall–Kier alpha value is -3.03. The number of carbonyl (C=O) groups excluding carboxylic acids is 2. The van der Waals surface area contributed by atoms with Gasteiger partial charge in [-0.2, -0.15) is 5.26 Å². The summed E-state index contributed by atoms with van der Waals surface area (Å²) in [6.45, 7) is 0.338. The second-order valence-corrected chi connectivity index (χ2v) is 11.8. The van der Waals surface area contributed by atoms with Crippen LogP contribution in [0.4, 0.5) is 0 Å². The second-order valence-electron chi connectivity index (χ2n) is 8.69. The average molecular weight is 530 g/mol. The van der Waals surface area contributed by atoms with Crippen molar-refractivity contribution >= 4 is 33.4 Å². The van der Waals surface area contributed by atoms with E-state index >= 15 is 0 Å². The Morgan fingerprint density at radius 2 is 1.75 bits per heavy atom. The van der Waals surface area contributed by atoms with E-state index in [4.69, 9.17) is 10.00 Å². The quantitative estimate of drug-likeness (QED) is 0.338. The molecule has 8 nitrogen and oxygen atoms in total. The van der Waals surface area contributed by atoms with Crippen LogP contribution in [0.2, 0.25) is 0 Å². The first kappa shape index (κ1) is 27.6. The zero-order valence-electron chi connectivity index (χ0n) is 20.2. The summed E-state index contributed by atoms with van der Waals surface area (Å²) in [6, 6.07) is 15.9. The topological polar surface area (TPSA) is 125 Å². The van der Waals surface area contributed by atoms with Gasteiger partial charge in [-0.1, -0.05) is 25.0 Å². The first-order valence-corrected chi connectivity index (χ1v) is 14.5. The van der Waals surface area contributed by atoms with Crippen LogP contribution in [0.25, 0.3) is 0 Å². The summed E-state index contributed by atoms with van der Waals surface area (Å²) < 4.78 is 31.2. The number of methoxy groups -OCH3 is 1. The van der Waals surface area contributed by atoms with Gasteiger partial charge in [-0.25, -0.2) is 8.42 Å². The number of hydrogen-bond acceptors (Lipinski definition) is 7. The van der Waals surface area contributed by atoms with Crippen LogP contribution in [0.1, 0.15) is 31.2 Å².